The van der Waals surface area contributed by atoms with Gasteiger partial charge in [0.05, 0.1) is 17.4 Å². The van der Waals surface area contributed by atoms with Crippen molar-refractivity contribution in [2.75, 3.05) is 11.6 Å². The van der Waals surface area contributed by atoms with Crippen LogP contribution in [0.25, 0.3) is 0 Å². The van der Waals surface area contributed by atoms with Gasteiger partial charge < -0.3 is 5.32 Å². The highest BCUT2D eigenvalue weighted by molar-refractivity contribution is 7.90. The molecule has 1 N–H and O–H groups in total. The molecule has 3 rings (SSSR count). The molecule has 0 spiro atoms. The molecule has 0 aliphatic heterocycles. The van der Waals surface area contributed by atoms with Crippen LogP contribution in [0.15, 0.2) is 47.6 Å². The van der Waals surface area contributed by atoms with E-state index in [0.29, 0.717) is 6.42 Å². The Balaban J connectivity index is 1.71. The Kier molecular flexibility index (Phi) is 4.51. The van der Waals surface area contributed by atoms with Gasteiger partial charge in [-0.15, -0.1) is 0 Å². The van der Waals surface area contributed by atoms with Crippen LogP contribution in [-0.4, -0.2) is 25.6 Å². The van der Waals surface area contributed by atoms with Crippen molar-refractivity contribution in [3.8, 4) is 0 Å². The minimum atomic E-state index is -4.47. The average Bonchev–Trinajstić information content (AvgIpc) is 3.34. The van der Waals surface area contributed by atoms with E-state index in [1.54, 1.807) is 0 Å². The van der Waals surface area contributed by atoms with Crippen LogP contribution >= 0.6 is 0 Å². The van der Waals surface area contributed by atoms with Crippen LogP contribution in [0.2, 0.25) is 0 Å². The molecule has 138 valence electrons. The maximum Gasteiger partial charge on any atom is 0.416 e. The van der Waals surface area contributed by atoms with Crippen molar-refractivity contribution in [3.63, 3.8) is 0 Å². The van der Waals surface area contributed by atoms with Gasteiger partial charge in [0.2, 0.25) is 5.91 Å². The van der Waals surface area contributed by atoms with Gasteiger partial charge in [-0.2, -0.15) is 13.2 Å². The number of carbonyl (C=O) groups excluding carboxylic acids is 1. The third kappa shape index (κ3) is 3.87. The maximum absolute atomic E-state index is 13.1. The Hall–Kier alpha value is -2.42. The van der Waals surface area contributed by atoms with Gasteiger partial charge in [0.1, 0.15) is 0 Å². The third-order valence-electron chi connectivity index (χ3n) is 4.18. The molecule has 0 saturated heterocycles. The Morgan fingerprint density at radius 3 is 2.46 bits per heavy atom. The number of rotatable bonds is 4. The van der Waals surface area contributed by atoms with Crippen LogP contribution in [0, 0.1) is 5.92 Å². The van der Waals surface area contributed by atoms with Crippen molar-refractivity contribution in [2.45, 2.75) is 23.5 Å². The number of pyridine rings is 1. The van der Waals surface area contributed by atoms with Crippen molar-refractivity contribution in [1.29, 1.82) is 0 Å². The molecule has 2 aromatic rings. The number of anilines is 1. The number of nitrogens with zero attached hydrogens (tertiary/aromatic N) is 1. The summed E-state index contributed by atoms with van der Waals surface area (Å²) in [6.45, 7) is 0. The summed E-state index contributed by atoms with van der Waals surface area (Å²) in [4.78, 5) is 16.0. The van der Waals surface area contributed by atoms with E-state index in [1.165, 1.54) is 36.5 Å². The van der Waals surface area contributed by atoms with Crippen molar-refractivity contribution in [1.82, 2.24) is 4.98 Å². The topological polar surface area (TPSA) is 76.1 Å². The van der Waals surface area contributed by atoms with Gasteiger partial charge in [-0.3, -0.25) is 4.79 Å². The fourth-order valence-corrected chi connectivity index (χ4v) is 3.37. The summed E-state index contributed by atoms with van der Waals surface area (Å²) in [5.41, 5.74) is -0.317. The Labute approximate surface area is 148 Å². The van der Waals surface area contributed by atoms with E-state index >= 15 is 0 Å². The highest BCUT2D eigenvalue weighted by Crippen LogP contribution is 2.51. The first-order valence-electron chi connectivity index (χ1n) is 7.70. The molecule has 1 aromatic carbocycles. The molecule has 1 amide bonds. The Morgan fingerprint density at radius 1 is 1.19 bits per heavy atom. The standard InChI is InChI=1S/C17H15F3N2O3S/c1-26(24,25)15-7-6-10(9-21-15)22-16(23)13-8-12(13)11-4-2-3-5-14(11)17(18,19)20/h2-7,9,12-13H,8H2,1H3,(H,22,23)/t12-,13-/m1/s1. The number of aromatic nitrogens is 1. The van der Waals surface area contributed by atoms with E-state index in [9.17, 15) is 26.4 Å². The van der Waals surface area contributed by atoms with E-state index in [0.717, 1.165) is 12.3 Å². The smallest absolute Gasteiger partial charge is 0.324 e. The van der Waals surface area contributed by atoms with Crippen LogP contribution < -0.4 is 5.32 Å². The number of halogens is 3. The molecule has 26 heavy (non-hydrogen) atoms. The van der Waals surface area contributed by atoms with Crippen molar-refractivity contribution >= 4 is 21.4 Å². The van der Waals surface area contributed by atoms with Crippen molar-refractivity contribution < 1.29 is 26.4 Å². The van der Waals surface area contributed by atoms with Crippen LogP contribution in [0.1, 0.15) is 23.5 Å². The molecule has 1 heterocycles. The molecule has 1 fully saturated rings. The predicted octanol–water partition coefficient (Wildman–Crippen LogP) is 3.25. The molecule has 2 atom stereocenters. The molecular formula is C17H15F3N2O3S. The zero-order valence-electron chi connectivity index (χ0n) is 13.6. The van der Waals surface area contributed by atoms with Gasteiger partial charge in [-0.25, -0.2) is 13.4 Å². The van der Waals surface area contributed by atoms with Gasteiger partial charge in [0.25, 0.3) is 0 Å². The molecule has 0 radical (unpaired) electrons. The normalized spacial score (nSPS) is 19.8. The zero-order valence-corrected chi connectivity index (χ0v) is 14.4. The Morgan fingerprint density at radius 2 is 1.88 bits per heavy atom. The van der Waals surface area contributed by atoms with Crippen LogP contribution in [0.3, 0.4) is 0 Å². The van der Waals surface area contributed by atoms with Crippen LogP contribution in [-0.2, 0) is 20.8 Å². The molecule has 1 saturated carbocycles. The number of amides is 1. The molecule has 1 aliphatic rings. The van der Waals surface area contributed by atoms with Gasteiger partial charge in [-0.1, -0.05) is 18.2 Å². The average molecular weight is 384 g/mol. The summed E-state index contributed by atoms with van der Waals surface area (Å²) in [7, 11) is -3.45. The molecule has 0 bridgehead atoms. The van der Waals surface area contributed by atoms with E-state index in [1.807, 2.05) is 0 Å². The predicted molar refractivity (Wildman–Crippen MR) is 88.3 cm³/mol. The number of alkyl halides is 3. The molecule has 5 nitrogen and oxygen atoms in total. The van der Waals surface area contributed by atoms with Gasteiger partial charge in [0.15, 0.2) is 14.9 Å². The molecule has 1 aromatic heterocycles. The monoisotopic (exact) mass is 384 g/mol. The summed E-state index contributed by atoms with van der Waals surface area (Å²) in [6.07, 6.45) is -1.92. The molecule has 9 heteroatoms. The van der Waals surface area contributed by atoms with Gasteiger partial charge >= 0.3 is 6.18 Å². The quantitative estimate of drug-likeness (QED) is 0.878. The van der Waals surface area contributed by atoms with Crippen LogP contribution in [0.5, 0.6) is 0 Å². The zero-order chi connectivity index (χ0) is 19.1. The molecule has 0 unspecified atom stereocenters. The third-order valence-corrected chi connectivity index (χ3v) is 5.18. The summed E-state index contributed by atoms with van der Waals surface area (Å²) >= 11 is 0. The van der Waals surface area contributed by atoms with Gasteiger partial charge in [-0.05, 0) is 36.1 Å². The highest BCUT2D eigenvalue weighted by atomic mass is 32.2. The Bertz CT molecular complexity index is 940. The van der Waals surface area contributed by atoms with E-state index in [4.69, 9.17) is 0 Å². The van der Waals surface area contributed by atoms with Crippen LogP contribution in [0.4, 0.5) is 18.9 Å². The lowest BCUT2D eigenvalue weighted by Crippen LogP contribution is -2.16. The second-order valence-electron chi connectivity index (χ2n) is 6.18. The van der Waals surface area contributed by atoms with E-state index < -0.39 is 39.3 Å². The van der Waals surface area contributed by atoms with Crippen molar-refractivity contribution in [2.24, 2.45) is 5.92 Å². The highest BCUT2D eigenvalue weighted by Gasteiger charge is 2.47. The SMILES string of the molecule is CS(=O)(=O)c1ccc(NC(=O)[C@@H]2C[C@@H]2c2ccccc2C(F)(F)F)cn1. The summed E-state index contributed by atoms with van der Waals surface area (Å²) in [5.74, 6) is -1.47. The minimum Gasteiger partial charge on any atom is -0.324 e. The first-order valence-corrected chi connectivity index (χ1v) is 9.59. The largest absolute Gasteiger partial charge is 0.416 e. The first-order chi connectivity index (χ1) is 12.1. The number of carbonyl (C=O) groups is 1. The number of sulfone groups is 1. The summed E-state index contributed by atoms with van der Waals surface area (Å²) in [5, 5.41) is 2.44. The number of nitrogens with one attached hydrogen (secondary N) is 1. The molecular weight excluding hydrogens is 369 g/mol. The van der Waals surface area contributed by atoms with Gasteiger partial charge in [0, 0.05) is 12.2 Å². The second-order valence-corrected chi connectivity index (χ2v) is 8.14. The number of hydrogen-bond acceptors (Lipinski definition) is 4. The fourth-order valence-electron chi connectivity index (χ4n) is 2.82. The summed E-state index contributed by atoms with van der Waals surface area (Å²) < 4.78 is 62.0. The number of hydrogen-bond donors (Lipinski definition) is 1. The lowest BCUT2D eigenvalue weighted by atomic mass is 10.0. The maximum atomic E-state index is 13.1. The lowest BCUT2D eigenvalue weighted by Gasteiger charge is -2.12. The lowest BCUT2D eigenvalue weighted by molar-refractivity contribution is -0.138. The van der Waals surface area contributed by atoms with E-state index in [-0.39, 0.29) is 16.3 Å². The fraction of sp³-hybridized carbons (Fsp3) is 0.294. The second kappa shape index (κ2) is 6.39. The molecule has 1 aliphatic carbocycles. The minimum absolute atomic E-state index is 0.116. The van der Waals surface area contributed by atoms with Crippen molar-refractivity contribution in [3.05, 3.63) is 53.7 Å². The summed E-state index contributed by atoms with van der Waals surface area (Å²) in [6, 6.07) is 7.89. The van der Waals surface area contributed by atoms with E-state index in [2.05, 4.69) is 10.3 Å². The number of benzene rings is 1. The first kappa shape index (κ1) is 18.4.